The molecular formula is C31H29N5O. The minimum Gasteiger partial charge on any atom is -0.381 e. The van der Waals surface area contributed by atoms with E-state index >= 15 is 0 Å². The second-order valence-corrected chi connectivity index (χ2v) is 9.30. The average molecular weight is 488 g/mol. The maximum absolute atomic E-state index is 5.85. The maximum Gasteiger partial charge on any atom is 0.0659 e. The fourth-order valence-electron chi connectivity index (χ4n) is 4.64. The molecule has 184 valence electrons. The van der Waals surface area contributed by atoms with E-state index in [2.05, 4.69) is 53.3 Å². The zero-order chi connectivity index (χ0) is 25.0. The van der Waals surface area contributed by atoms with Gasteiger partial charge in [-0.1, -0.05) is 19.4 Å². The molecule has 2 aliphatic rings. The van der Waals surface area contributed by atoms with E-state index in [1.807, 2.05) is 48.7 Å². The summed E-state index contributed by atoms with van der Waals surface area (Å²) in [5, 5.41) is 0. The van der Waals surface area contributed by atoms with Gasteiger partial charge in [0.15, 0.2) is 0 Å². The van der Waals surface area contributed by atoms with E-state index in [4.69, 9.17) is 19.7 Å². The Bertz CT molecular complexity index is 1660. The molecular weight excluding hydrogens is 458 g/mol. The minimum absolute atomic E-state index is 0.662. The Morgan fingerprint density at radius 1 is 0.703 bits per heavy atom. The molecule has 2 N–H and O–H groups in total. The van der Waals surface area contributed by atoms with Crippen LogP contribution >= 0.6 is 0 Å². The van der Waals surface area contributed by atoms with Crippen molar-refractivity contribution in [3.63, 3.8) is 0 Å². The zero-order valence-corrected chi connectivity index (χ0v) is 20.9. The molecule has 0 atom stereocenters. The van der Waals surface area contributed by atoms with Crippen molar-refractivity contribution >= 4 is 46.4 Å². The Balaban J connectivity index is 1.50. The zero-order valence-electron chi connectivity index (χ0n) is 20.9. The average Bonchev–Trinajstić information content (AvgIpc) is 3.70. The minimum atomic E-state index is 0.662. The molecule has 4 aromatic heterocycles. The lowest BCUT2D eigenvalue weighted by atomic mass is 10.0. The van der Waals surface area contributed by atoms with Gasteiger partial charge in [0.2, 0.25) is 0 Å². The maximum atomic E-state index is 5.85. The number of H-pyrrole nitrogens is 2. The largest absolute Gasteiger partial charge is 0.381 e. The van der Waals surface area contributed by atoms with Gasteiger partial charge in [-0.2, -0.15) is 0 Å². The van der Waals surface area contributed by atoms with E-state index in [1.54, 1.807) is 0 Å². The van der Waals surface area contributed by atoms with Gasteiger partial charge < -0.3 is 14.7 Å². The van der Waals surface area contributed by atoms with Crippen molar-refractivity contribution in [2.24, 2.45) is 0 Å². The molecule has 0 saturated heterocycles. The molecule has 4 aromatic rings. The lowest BCUT2D eigenvalue weighted by Gasteiger charge is -2.08. The van der Waals surface area contributed by atoms with Crippen molar-refractivity contribution in [1.82, 2.24) is 24.9 Å². The highest BCUT2D eigenvalue weighted by atomic mass is 16.5. The van der Waals surface area contributed by atoms with E-state index in [-0.39, 0.29) is 0 Å². The van der Waals surface area contributed by atoms with Gasteiger partial charge in [0.05, 0.1) is 35.1 Å². The number of nitrogens with one attached hydrogen (secondary N) is 2. The van der Waals surface area contributed by atoms with Crippen molar-refractivity contribution < 1.29 is 4.74 Å². The summed E-state index contributed by atoms with van der Waals surface area (Å²) in [6.07, 6.45) is 12.9. The Hall–Kier alpha value is -4.29. The summed E-state index contributed by atoms with van der Waals surface area (Å²) < 4.78 is 5.85. The highest BCUT2D eigenvalue weighted by Crippen LogP contribution is 2.30. The van der Waals surface area contributed by atoms with E-state index in [0.717, 1.165) is 87.5 Å². The standard InChI is InChI=1S/C31H29N5O/c1-2-3-14-37-15-12-30-28(5-4-13-32-30)29-19-27-18-25-9-8-23(34-25)16-21-6-7-22(33-21)17-24-10-11-26(35-24)20-31(29)36-27/h4-11,13,16-20,34,36H,2-3,12,14-15H2,1H3. The number of aromatic amines is 2. The van der Waals surface area contributed by atoms with E-state index < -0.39 is 0 Å². The van der Waals surface area contributed by atoms with Gasteiger partial charge in [-0.05, 0) is 79.3 Å². The highest BCUT2D eigenvalue weighted by Gasteiger charge is 2.11. The normalized spacial score (nSPS) is 12.4. The Labute approximate surface area is 215 Å². The van der Waals surface area contributed by atoms with Crippen molar-refractivity contribution in [1.29, 1.82) is 0 Å². The molecule has 0 amide bonds. The fraction of sp³-hybridized carbons (Fsp3) is 0.194. The van der Waals surface area contributed by atoms with Crippen LogP contribution in [0.25, 0.3) is 57.5 Å². The number of hydrogen-bond donors (Lipinski definition) is 2. The van der Waals surface area contributed by atoms with Gasteiger partial charge in [-0.3, -0.25) is 4.98 Å². The lowest BCUT2D eigenvalue weighted by Crippen LogP contribution is -2.03. The second kappa shape index (κ2) is 10.4. The van der Waals surface area contributed by atoms with Gasteiger partial charge in [0, 0.05) is 52.4 Å². The van der Waals surface area contributed by atoms with Crippen LogP contribution in [0.2, 0.25) is 0 Å². The van der Waals surface area contributed by atoms with Crippen LogP contribution < -0.4 is 0 Å². The Kier molecular flexibility index (Phi) is 6.48. The van der Waals surface area contributed by atoms with Crippen LogP contribution in [0.3, 0.4) is 0 Å². The number of pyridine rings is 1. The summed E-state index contributed by atoms with van der Waals surface area (Å²) in [5.74, 6) is 0. The quantitative estimate of drug-likeness (QED) is 0.236. The van der Waals surface area contributed by atoms with Crippen LogP contribution in [0, 0.1) is 0 Å². The summed E-state index contributed by atoms with van der Waals surface area (Å²) in [4.78, 5) is 21.3. The molecule has 0 saturated carbocycles. The highest BCUT2D eigenvalue weighted by molar-refractivity contribution is 5.88. The number of hydrogen-bond acceptors (Lipinski definition) is 4. The first kappa shape index (κ1) is 23.1. The van der Waals surface area contributed by atoms with Crippen LogP contribution in [-0.4, -0.2) is 38.1 Å². The SMILES string of the molecule is CCCCOCCc1ncccc1-c1cc2cc3ccc(cc4nc(cc5nc(cc1[nH]2)C=C5)C=C4)[nH]3. The van der Waals surface area contributed by atoms with Gasteiger partial charge in [0.1, 0.15) is 0 Å². The number of ether oxygens (including phenoxy) is 1. The van der Waals surface area contributed by atoms with Gasteiger partial charge in [-0.15, -0.1) is 0 Å². The Morgan fingerprint density at radius 3 is 2.22 bits per heavy atom. The molecule has 6 rings (SSSR count). The van der Waals surface area contributed by atoms with Crippen LogP contribution in [0.1, 0.15) is 48.2 Å². The molecule has 2 aliphatic heterocycles. The molecule has 8 bridgehead atoms. The molecule has 0 fully saturated rings. The number of nitrogens with zero attached hydrogens (tertiary/aromatic N) is 3. The molecule has 6 heterocycles. The van der Waals surface area contributed by atoms with Crippen LogP contribution in [0.15, 0.2) is 60.8 Å². The first-order valence-electron chi connectivity index (χ1n) is 12.8. The molecule has 0 unspecified atom stereocenters. The number of aromatic nitrogens is 5. The van der Waals surface area contributed by atoms with E-state index in [0.29, 0.717) is 6.61 Å². The number of fused-ring (bicyclic) bond motifs is 8. The predicted octanol–water partition coefficient (Wildman–Crippen LogP) is 7.08. The van der Waals surface area contributed by atoms with Crippen LogP contribution in [-0.2, 0) is 11.2 Å². The lowest BCUT2D eigenvalue weighted by molar-refractivity contribution is 0.134. The molecule has 37 heavy (non-hydrogen) atoms. The van der Waals surface area contributed by atoms with Gasteiger partial charge >= 0.3 is 0 Å². The summed E-state index contributed by atoms with van der Waals surface area (Å²) in [5.41, 5.74) is 10.8. The Morgan fingerprint density at radius 2 is 1.43 bits per heavy atom. The third-order valence-corrected chi connectivity index (χ3v) is 6.47. The summed E-state index contributed by atoms with van der Waals surface area (Å²) >= 11 is 0. The molecule has 0 aliphatic carbocycles. The topological polar surface area (TPSA) is 79.5 Å². The third-order valence-electron chi connectivity index (χ3n) is 6.47. The van der Waals surface area contributed by atoms with Crippen molar-refractivity contribution in [3.05, 3.63) is 89.3 Å². The van der Waals surface area contributed by atoms with Crippen LogP contribution in [0.4, 0.5) is 0 Å². The second-order valence-electron chi connectivity index (χ2n) is 9.30. The number of unbranched alkanes of at least 4 members (excludes halogenated alkanes) is 1. The van der Waals surface area contributed by atoms with Crippen molar-refractivity contribution in [3.8, 4) is 11.1 Å². The van der Waals surface area contributed by atoms with Crippen molar-refractivity contribution in [2.75, 3.05) is 13.2 Å². The molecule has 0 radical (unpaired) electrons. The first-order valence-corrected chi connectivity index (χ1v) is 12.8. The van der Waals surface area contributed by atoms with Crippen molar-refractivity contribution in [2.45, 2.75) is 26.2 Å². The number of rotatable bonds is 7. The summed E-state index contributed by atoms with van der Waals surface area (Å²) in [7, 11) is 0. The molecule has 0 spiro atoms. The van der Waals surface area contributed by atoms with Gasteiger partial charge in [-0.25, -0.2) is 9.97 Å². The van der Waals surface area contributed by atoms with Crippen LogP contribution in [0.5, 0.6) is 0 Å². The molecule has 0 aromatic carbocycles. The molecule has 6 nitrogen and oxygen atoms in total. The van der Waals surface area contributed by atoms with Gasteiger partial charge in [0.25, 0.3) is 0 Å². The third kappa shape index (κ3) is 5.29. The molecule has 6 heteroatoms. The fourth-order valence-corrected chi connectivity index (χ4v) is 4.64. The first-order chi connectivity index (χ1) is 18.2. The smallest absolute Gasteiger partial charge is 0.0659 e. The monoisotopic (exact) mass is 487 g/mol. The van der Waals surface area contributed by atoms with E-state index in [9.17, 15) is 0 Å². The van der Waals surface area contributed by atoms with E-state index in [1.165, 1.54) is 0 Å². The summed E-state index contributed by atoms with van der Waals surface area (Å²) in [6.45, 7) is 3.63. The summed E-state index contributed by atoms with van der Waals surface area (Å²) in [6, 6.07) is 18.7. The predicted molar refractivity (Wildman–Crippen MR) is 152 cm³/mol.